The van der Waals surface area contributed by atoms with Gasteiger partial charge in [-0.25, -0.2) is 15.0 Å². The van der Waals surface area contributed by atoms with Gasteiger partial charge in [-0.05, 0) is 50.0 Å². The molecule has 9 nitrogen and oxygen atoms in total. The first-order chi connectivity index (χ1) is 16.5. The molecule has 1 amide bonds. The highest BCUT2D eigenvalue weighted by Gasteiger charge is 2.39. The maximum Gasteiger partial charge on any atom is 0.280 e. The van der Waals surface area contributed by atoms with E-state index in [1.54, 1.807) is 0 Å². The molecule has 176 valence electrons. The minimum absolute atomic E-state index is 0.0753. The number of fused-ring (bicyclic) bond motifs is 1. The molecule has 2 aliphatic carbocycles. The van der Waals surface area contributed by atoms with Gasteiger partial charge in [-0.3, -0.25) is 14.9 Å². The van der Waals surface area contributed by atoms with Gasteiger partial charge in [-0.1, -0.05) is 29.9 Å². The van der Waals surface area contributed by atoms with Gasteiger partial charge in [-0.2, -0.15) is 5.10 Å². The number of carbonyl (C=O) groups excluding carboxylic acids is 1. The summed E-state index contributed by atoms with van der Waals surface area (Å²) in [6, 6.07) is 2.37. The maximum atomic E-state index is 12.7. The number of carbonyl (C=O) groups is 1. The lowest BCUT2D eigenvalue weighted by Crippen LogP contribution is -2.39. The molecule has 2 aliphatic rings. The van der Waals surface area contributed by atoms with E-state index < -0.39 is 0 Å². The van der Waals surface area contributed by atoms with Gasteiger partial charge in [0, 0.05) is 18.5 Å². The number of halogens is 1. The van der Waals surface area contributed by atoms with Crippen molar-refractivity contribution in [2.45, 2.75) is 64.0 Å². The van der Waals surface area contributed by atoms with Crippen LogP contribution in [0.2, 0.25) is 4.34 Å². The Morgan fingerprint density at radius 2 is 2.18 bits per heavy atom. The van der Waals surface area contributed by atoms with Crippen LogP contribution in [-0.4, -0.2) is 46.6 Å². The molecular formula is C23H25ClN8OS. The molecule has 6 rings (SSSR count). The number of hydrogen-bond acceptors (Lipinski definition) is 7. The molecule has 0 bridgehead atoms. The fraction of sp³-hybridized carbons (Fsp3) is 0.478. The molecule has 0 aliphatic heterocycles. The highest BCUT2D eigenvalue weighted by molar-refractivity contribution is 7.17. The van der Waals surface area contributed by atoms with Gasteiger partial charge in [0.25, 0.3) is 5.91 Å². The van der Waals surface area contributed by atoms with Gasteiger partial charge >= 0.3 is 0 Å². The van der Waals surface area contributed by atoms with Gasteiger partial charge in [0.1, 0.15) is 27.7 Å². The molecule has 4 aromatic heterocycles. The summed E-state index contributed by atoms with van der Waals surface area (Å²) in [6.07, 6.45) is 12.1. The number of nitrogens with one attached hydrogen (secondary N) is 2. The Morgan fingerprint density at radius 3 is 2.91 bits per heavy atom. The number of amides is 1. The topological polar surface area (TPSA) is 114 Å². The number of aromatic amines is 1. The van der Waals surface area contributed by atoms with E-state index in [2.05, 4.69) is 48.0 Å². The standard InChI is InChI=1S/C23H25ClN8OS/c1-23(5-6-23)9-19-30-16-10-25-15(20-27-12-28-31-20)8-17(16)32(19)14-4-2-3-13(7-14)29-21(33)22-26-11-18(24)34-22/h8,10-14H,2-7,9H2,1H3,(H,29,33)(H,27,28,31)/t13-,14+/m0/s1. The van der Waals surface area contributed by atoms with Crippen molar-refractivity contribution >= 4 is 39.9 Å². The predicted octanol–water partition coefficient (Wildman–Crippen LogP) is 4.58. The first-order valence-electron chi connectivity index (χ1n) is 11.6. The molecule has 0 radical (unpaired) electrons. The summed E-state index contributed by atoms with van der Waals surface area (Å²) in [5.74, 6) is 1.59. The van der Waals surface area contributed by atoms with Crippen LogP contribution >= 0.6 is 22.9 Å². The molecule has 2 atom stereocenters. The molecule has 2 N–H and O–H groups in total. The molecule has 0 unspecified atom stereocenters. The number of nitrogens with zero attached hydrogens (tertiary/aromatic N) is 6. The van der Waals surface area contributed by atoms with Crippen LogP contribution in [0.4, 0.5) is 0 Å². The molecule has 2 saturated carbocycles. The molecule has 4 heterocycles. The van der Waals surface area contributed by atoms with Crippen LogP contribution in [0.25, 0.3) is 22.6 Å². The zero-order valence-corrected chi connectivity index (χ0v) is 20.4. The number of rotatable bonds is 6. The van der Waals surface area contributed by atoms with E-state index >= 15 is 0 Å². The highest BCUT2D eigenvalue weighted by atomic mass is 35.5. The lowest BCUT2D eigenvalue weighted by atomic mass is 9.90. The van der Waals surface area contributed by atoms with Crippen LogP contribution < -0.4 is 5.32 Å². The summed E-state index contributed by atoms with van der Waals surface area (Å²) in [5, 5.41) is 10.5. The summed E-state index contributed by atoms with van der Waals surface area (Å²) < 4.78 is 2.92. The van der Waals surface area contributed by atoms with E-state index in [1.807, 2.05) is 6.20 Å². The molecular weight excluding hydrogens is 472 g/mol. The Hall–Kier alpha value is -2.85. The van der Waals surface area contributed by atoms with Gasteiger partial charge in [0.15, 0.2) is 10.8 Å². The normalized spacial score (nSPS) is 21.6. The lowest BCUT2D eigenvalue weighted by molar-refractivity contribution is 0.0920. The summed E-state index contributed by atoms with van der Waals surface area (Å²) in [7, 11) is 0. The third kappa shape index (κ3) is 4.20. The van der Waals surface area contributed by atoms with E-state index in [-0.39, 0.29) is 18.0 Å². The third-order valence-corrected chi connectivity index (χ3v) is 8.13. The first-order valence-corrected chi connectivity index (χ1v) is 12.8. The molecule has 2 fully saturated rings. The SMILES string of the molecule is CC1(Cc2nc3cnc(-c4ncn[nH]4)cc3n2[C@@H]2CCC[C@H](NC(=O)c3ncc(Cl)s3)C2)CC1. The molecule has 0 spiro atoms. The first kappa shape index (κ1) is 21.7. The molecule has 34 heavy (non-hydrogen) atoms. The average molecular weight is 497 g/mol. The van der Waals surface area contributed by atoms with Crippen molar-refractivity contribution in [3.05, 3.63) is 40.0 Å². The summed E-state index contributed by atoms with van der Waals surface area (Å²) in [5.41, 5.74) is 3.03. The summed E-state index contributed by atoms with van der Waals surface area (Å²) >= 11 is 7.18. The quantitative estimate of drug-likeness (QED) is 0.403. The number of thiazole rings is 1. The molecule has 0 aromatic carbocycles. The van der Waals surface area contributed by atoms with Crippen LogP contribution in [-0.2, 0) is 6.42 Å². The molecule has 4 aromatic rings. The van der Waals surface area contributed by atoms with Crippen molar-refractivity contribution in [2.24, 2.45) is 5.41 Å². The predicted molar refractivity (Wildman–Crippen MR) is 130 cm³/mol. The van der Waals surface area contributed by atoms with Gasteiger partial charge in [0.05, 0.1) is 17.9 Å². The van der Waals surface area contributed by atoms with E-state index in [1.165, 1.54) is 36.7 Å². The lowest BCUT2D eigenvalue weighted by Gasteiger charge is -2.32. The Balaban J connectivity index is 1.32. The Kier molecular flexibility index (Phi) is 5.37. The largest absolute Gasteiger partial charge is 0.347 e. The monoisotopic (exact) mass is 496 g/mol. The Labute approximate surface area is 205 Å². The highest BCUT2D eigenvalue weighted by Crippen LogP contribution is 2.48. The van der Waals surface area contributed by atoms with Crippen molar-refractivity contribution in [2.75, 3.05) is 0 Å². The minimum Gasteiger partial charge on any atom is -0.347 e. The number of imidazole rings is 1. The van der Waals surface area contributed by atoms with Crippen LogP contribution in [0.3, 0.4) is 0 Å². The third-order valence-electron chi connectivity index (χ3n) is 7.01. The van der Waals surface area contributed by atoms with E-state index in [9.17, 15) is 4.79 Å². The molecule has 0 saturated heterocycles. The summed E-state index contributed by atoms with van der Waals surface area (Å²) in [4.78, 5) is 30.7. The van der Waals surface area contributed by atoms with Crippen LogP contribution in [0.1, 0.15) is 67.1 Å². The number of hydrogen-bond donors (Lipinski definition) is 2. The number of pyridine rings is 1. The minimum atomic E-state index is -0.152. The molecule has 11 heteroatoms. The van der Waals surface area contributed by atoms with Gasteiger partial charge < -0.3 is 9.88 Å². The van der Waals surface area contributed by atoms with Crippen molar-refractivity contribution < 1.29 is 4.79 Å². The smallest absolute Gasteiger partial charge is 0.280 e. The van der Waals surface area contributed by atoms with Crippen LogP contribution in [0.5, 0.6) is 0 Å². The Morgan fingerprint density at radius 1 is 1.29 bits per heavy atom. The average Bonchev–Trinajstić information content (AvgIpc) is 3.25. The second-order valence-electron chi connectivity index (χ2n) is 9.74. The van der Waals surface area contributed by atoms with Crippen molar-refractivity contribution in [3.63, 3.8) is 0 Å². The van der Waals surface area contributed by atoms with Gasteiger partial charge in [-0.15, -0.1) is 0 Å². The number of H-pyrrole nitrogens is 1. The van der Waals surface area contributed by atoms with E-state index in [0.29, 0.717) is 20.6 Å². The maximum absolute atomic E-state index is 12.7. The fourth-order valence-electron chi connectivity index (χ4n) is 4.95. The van der Waals surface area contributed by atoms with Crippen molar-refractivity contribution in [1.82, 2.24) is 40.0 Å². The fourth-order valence-corrected chi connectivity index (χ4v) is 5.76. The Bertz CT molecular complexity index is 1340. The van der Waals surface area contributed by atoms with Crippen molar-refractivity contribution in [3.8, 4) is 11.5 Å². The van der Waals surface area contributed by atoms with E-state index in [4.69, 9.17) is 16.6 Å². The number of aromatic nitrogens is 7. The second kappa shape index (κ2) is 8.42. The zero-order chi connectivity index (χ0) is 23.3. The van der Waals surface area contributed by atoms with Gasteiger partial charge in [0.2, 0.25) is 0 Å². The zero-order valence-electron chi connectivity index (χ0n) is 18.8. The summed E-state index contributed by atoms with van der Waals surface area (Å²) in [6.45, 7) is 2.33. The van der Waals surface area contributed by atoms with Crippen LogP contribution in [0.15, 0.2) is 24.8 Å². The van der Waals surface area contributed by atoms with Crippen molar-refractivity contribution in [1.29, 1.82) is 0 Å². The second-order valence-corrected chi connectivity index (χ2v) is 11.4. The van der Waals surface area contributed by atoms with Crippen LogP contribution in [0, 0.1) is 5.41 Å². The van der Waals surface area contributed by atoms with E-state index in [0.717, 1.165) is 54.7 Å².